The van der Waals surface area contributed by atoms with Crippen molar-refractivity contribution in [1.29, 1.82) is 0 Å². The maximum Gasteiger partial charge on any atom is 0.262 e. The van der Waals surface area contributed by atoms with Gasteiger partial charge in [-0.25, -0.2) is 0 Å². The molecule has 1 aliphatic rings. The van der Waals surface area contributed by atoms with E-state index in [4.69, 9.17) is 14.0 Å². The number of H-pyrrole nitrogens is 1. The highest BCUT2D eigenvalue weighted by Crippen LogP contribution is 2.35. The van der Waals surface area contributed by atoms with Gasteiger partial charge in [-0.1, -0.05) is 5.16 Å². The Morgan fingerprint density at radius 3 is 2.81 bits per heavy atom. The van der Waals surface area contributed by atoms with Crippen molar-refractivity contribution in [2.45, 2.75) is 19.3 Å². The summed E-state index contributed by atoms with van der Waals surface area (Å²) in [5.41, 5.74) is 5.63. The van der Waals surface area contributed by atoms with E-state index in [2.05, 4.69) is 27.3 Å². The van der Waals surface area contributed by atoms with E-state index in [0.29, 0.717) is 23.2 Å². The zero-order chi connectivity index (χ0) is 18.4. The first-order chi connectivity index (χ1) is 13.3. The number of hydrogen-bond donors (Lipinski definition) is 1. The molecule has 0 spiro atoms. The Labute approximate surface area is 156 Å². The standard InChI is InChI=1S/C21H19N3O3/c1-25-13-7-8-15(19(11-13)26-2)21-23-20(24-27-21)12-6-9-18-16(10-12)14-4-3-5-17(14)22-18/h6-11,22H,3-5H2,1-2H3. The zero-order valence-electron chi connectivity index (χ0n) is 15.2. The molecule has 27 heavy (non-hydrogen) atoms. The van der Waals surface area contributed by atoms with Gasteiger partial charge in [-0.05, 0) is 55.2 Å². The van der Waals surface area contributed by atoms with E-state index in [1.54, 1.807) is 20.3 Å². The van der Waals surface area contributed by atoms with E-state index in [1.165, 1.54) is 28.6 Å². The van der Waals surface area contributed by atoms with Gasteiger partial charge in [0.2, 0.25) is 5.82 Å². The SMILES string of the molecule is COc1ccc(-c2nc(-c3ccc4[nH]c5c(c4c3)CCC5)no2)c(OC)c1. The van der Waals surface area contributed by atoms with Gasteiger partial charge in [0.1, 0.15) is 11.5 Å². The molecule has 6 nitrogen and oxygen atoms in total. The van der Waals surface area contributed by atoms with E-state index in [1.807, 2.05) is 18.2 Å². The highest BCUT2D eigenvalue weighted by Gasteiger charge is 2.19. The molecule has 4 aromatic rings. The third-order valence-electron chi connectivity index (χ3n) is 5.17. The van der Waals surface area contributed by atoms with Gasteiger partial charge in [-0.15, -0.1) is 0 Å². The maximum atomic E-state index is 5.52. The first-order valence-electron chi connectivity index (χ1n) is 8.97. The van der Waals surface area contributed by atoms with Crippen LogP contribution in [-0.4, -0.2) is 29.3 Å². The zero-order valence-corrected chi connectivity index (χ0v) is 15.2. The van der Waals surface area contributed by atoms with Crippen LogP contribution in [0.1, 0.15) is 17.7 Å². The Hall–Kier alpha value is -3.28. The van der Waals surface area contributed by atoms with Crippen LogP contribution in [-0.2, 0) is 12.8 Å². The minimum absolute atomic E-state index is 0.420. The number of benzene rings is 2. The van der Waals surface area contributed by atoms with E-state index in [9.17, 15) is 0 Å². The summed E-state index contributed by atoms with van der Waals surface area (Å²) in [7, 11) is 3.23. The minimum Gasteiger partial charge on any atom is -0.497 e. The summed E-state index contributed by atoms with van der Waals surface area (Å²) in [5.74, 6) is 2.33. The first-order valence-corrected chi connectivity index (χ1v) is 8.97. The molecule has 0 saturated carbocycles. The van der Waals surface area contributed by atoms with Crippen LogP contribution in [0.4, 0.5) is 0 Å². The Bertz CT molecular complexity index is 1140. The number of nitrogens with zero attached hydrogens (tertiary/aromatic N) is 2. The number of fused-ring (bicyclic) bond motifs is 3. The van der Waals surface area contributed by atoms with Crippen LogP contribution in [0.3, 0.4) is 0 Å². The average Bonchev–Trinajstić information content (AvgIpc) is 3.43. The molecule has 1 N–H and O–H groups in total. The van der Waals surface area contributed by atoms with E-state index >= 15 is 0 Å². The number of ether oxygens (including phenoxy) is 2. The second-order valence-electron chi connectivity index (χ2n) is 6.69. The fraction of sp³-hybridized carbons (Fsp3) is 0.238. The molecule has 1 aliphatic carbocycles. The molecule has 5 rings (SSSR count). The highest BCUT2D eigenvalue weighted by molar-refractivity contribution is 5.89. The molecule has 0 atom stereocenters. The van der Waals surface area contributed by atoms with Crippen LogP contribution in [0, 0.1) is 0 Å². The predicted octanol–water partition coefficient (Wildman–Crippen LogP) is 4.39. The minimum atomic E-state index is 0.420. The molecule has 2 aromatic carbocycles. The topological polar surface area (TPSA) is 73.2 Å². The largest absolute Gasteiger partial charge is 0.497 e. The maximum absolute atomic E-state index is 5.52. The number of rotatable bonds is 4. The fourth-order valence-electron chi connectivity index (χ4n) is 3.81. The summed E-state index contributed by atoms with van der Waals surface area (Å²) in [6, 6.07) is 11.8. The highest BCUT2D eigenvalue weighted by atomic mass is 16.5. The number of hydrogen-bond acceptors (Lipinski definition) is 5. The lowest BCUT2D eigenvalue weighted by atomic mass is 10.1. The second kappa shape index (κ2) is 6.16. The van der Waals surface area contributed by atoms with Gasteiger partial charge < -0.3 is 19.0 Å². The molecule has 0 fully saturated rings. The van der Waals surface area contributed by atoms with Crippen molar-refractivity contribution in [3.05, 3.63) is 47.7 Å². The summed E-state index contributed by atoms with van der Waals surface area (Å²) in [6.07, 6.45) is 3.47. The second-order valence-corrected chi connectivity index (χ2v) is 6.69. The summed E-state index contributed by atoms with van der Waals surface area (Å²) in [6.45, 7) is 0. The van der Waals surface area contributed by atoms with Gasteiger partial charge in [0.05, 0.1) is 19.8 Å². The smallest absolute Gasteiger partial charge is 0.262 e. The number of aryl methyl sites for hydroxylation is 2. The lowest BCUT2D eigenvalue weighted by Crippen LogP contribution is -1.90. The van der Waals surface area contributed by atoms with Crippen molar-refractivity contribution in [3.8, 4) is 34.3 Å². The first kappa shape index (κ1) is 15.9. The molecule has 0 bridgehead atoms. The van der Waals surface area contributed by atoms with Crippen LogP contribution >= 0.6 is 0 Å². The van der Waals surface area contributed by atoms with Crippen molar-refractivity contribution in [2.24, 2.45) is 0 Å². The number of methoxy groups -OCH3 is 2. The van der Waals surface area contributed by atoms with Crippen molar-refractivity contribution >= 4 is 10.9 Å². The van der Waals surface area contributed by atoms with E-state index in [0.717, 1.165) is 24.0 Å². The van der Waals surface area contributed by atoms with Crippen molar-refractivity contribution in [1.82, 2.24) is 15.1 Å². The number of nitrogens with one attached hydrogen (secondary N) is 1. The van der Waals surface area contributed by atoms with Crippen LogP contribution in [0.2, 0.25) is 0 Å². The average molecular weight is 361 g/mol. The van der Waals surface area contributed by atoms with Gasteiger partial charge in [0.25, 0.3) is 5.89 Å². The van der Waals surface area contributed by atoms with E-state index in [-0.39, 0.29) is 0 Å². The van der Waals surface area contributed by atoms with Crippen LogP contribution in [0.5, 0.6) is 11.5 Å². The van der Waals surface area contributed by atoms with Crippen molar-refractivity contribution in [3.63, 3.8) is 0 Å². The van der Waals surface area contributed by atoms with Gasteiger partial charge in [-0.3, -0.25) is 0 Å². The third-order valence-corrected chi connectivity index (χ3v) is 5.17. The molecular weight excluding hydrogens is 342 g/mol. The molecule has 0 radical (unpaired) electrons. The Balaban J connectivity index is 1.55. The monoisotopic (exact) mass is 361 g/mol. The summed E-state index contributed by atoms with van der Waals surface area (Å²) < 4.78 is 16.2. The van der Waals surface area contributed by atoms with Crippen molar-refractivity contribution in [2.75, 3.05) is 14.2 Å². The molecule has 0 unspecified atom stereocenters. The quantitative estimate of drug-likeness (QED) is 0.583. The van der Waals surface area contributed by atoms with Gasteiger partial charge in [0.15, 0.2) is 0 Å². The normalized spacial score (nSPS) is 13.1. The molecule has 0 aliphatic heterocycles. The predicted molar refractivity (Wildman–Crippen MR) is 102 cm³/mol. The molecule has 2 aromatic heterocycles. The molecule has 136 valence electrons. The van der Waals surface area contributed by atoms with Crippen molar-refractivity contribution < 1.29 is 14.0 Å². The Morgan fingerprint density at radius 2 is 1.96 bits per heavy atom. The number of aromatic nitrogens is 3. The summed E-state index contributed by atoms with van der Waals surface area (Å²) in [5, 5.41) is 5.44. The van der Waals surface area contributed by atoms with E-state index < -0.39 is 0 Å². The molecule has 0 saturated heterocycles. The number of aromatic amines is 1. The fourth-order valence-corrected chi connectivity index (χ4v) is 3.81. The summed E-state index contributed by atoms with van der Waals surface area (Å²) >= 11 is 0. The molecule has 2 heterocycles. The Morgan fingerprint density at radius 1 is 1.04 bits per heavy atom. The third kappa shape index (κ3) is 2.56. The van der Waals surface area contributed by atoms with Gasteiger partial charge in [0, 0.05) is 28.2 Å². The summed E-state index contributed by atoms with van der Waals surface area (Å²) in [4.78, 5) is 8.11. The van der Waals surface area contributed by atoms with Crippen LogP contribution in [0.15, 0.2) is 40.9 Å². The van der Waals surface area contributed by atoms with Crippen LogP contribution in [0.25, 0.3) is 33.7 Å². The lowest BCUT2D eigenvalue weighted by molar-refractivity contribution is 0.391. The van der Waals surface area contributed by atoms with Gasteiger partial charge in [-0.2, -0.15) is 4.98 Å². The molecular formula is C21H19N3O3. The lowest BCUT2D eigenvalue weighted by Gasteiger charge is -2.06. The van der Waals surface area contributed by atoms with Gasteiger partial charge >= 0.3 is 0 Å². The van der Waals surface area contributed by atoms with Crippen LogP contribution < -0.4 is 9.47 Å². The molecule has 0 amide bonds. The Kier molecular flexibility index (Phi) is 3.63. The molecule has 6 heteroatoms.